The molecule has 0 aliphatic carbocycles. The lowest BCUT2D eigenvalue weighted by Gasteiger charge is -2.23. The summed E-state index contributed by atoms with van der Waals surface area (Å²) >= 11 is 0. The first-order chi connectivity index (χ1) is 14.3. The van der Waals surface area contributed by atoms with Gasteiger partial charge < -0.3 is 19.5 Å². The Morgan fingerprint density at radius 3 is 2.23 bits per heavy atom. The molecule has 30 heavy (non-hydrogen) atoms. The maximum absolute atomic E-state index is 12.6. The molecule has 1 unspecified atom stereocenters. The number of hydrogen-bond donors (Lipinski definition) is 1. The number of ether oxygens (including phenoxy) is 3. The second kappa shape index (κ2) is 11.2. The Labute approximate surface area is 178 Å². The van der Waals surface area contributed by atoms with Crippen molar-refractivity contribution in [3.63, 3.8) is 0 Å². The van der Waals surface area contributed by atoms with E-state index >= 15 is 0 Å². The van der Waals surface area contributed by atoms with Crippen molar-refractivity contribution in [3.8, 4) is 5.75 Å². The quantitative estimate of drug-likeness (QED) is 0.606. The van der Waals surface area contributed by atoms with Gasteiger partial charge in [0, 0.05) is 0 Å². The molecule has 0 aliphatic rings. The number of esters is 1. The van der Waals surface area contributed by atoms with Crippen molar-refractivity contribution >= 4 is 12.1 Å². The summed E-state index contributed by atoms with van der Waals surface area (Å²) in [7, 11) is 1.63. The van der Waals surface area contributed by atoms with Crippen molar-refractivity contribution in [2.24, 2.45) is 0 Å². The molecule has 0 aromatic heterocycles. The van der Waals surface area contributed by atoms with Gasteiger partial charge in [0.05, 0.1) is 7.11 Å². The number of alkyl carbamates (subject to hydrolysis) is 1. The van der Waals surface area contributed by atoms with Crippen LogP contribution in [0.5, 0.6) is 5.75 Å². The lowest BCUT2D eigenvalue weighted by Crippen LogP contribution is -2.44. The van der Waals surface area contributed by atoms with Gasteiger partial charge in [-0.2, -0.15) is 0 Å². The summed E-state index contributed by atoms with van der Waals surface area (Å²) in [6.07, 6.45) is 1.28. The van der Waals surface area contributed by atoms with Crippen LogP contribution in [0.4, 0.5) is 4.79 Å². The summed E-state index contributed by atoms with van der Waals surface area (Å²) in [6, 6.07) is 16.4. The fraction of sp³-hybridized carbons (Fsp3) is 0.417. The number of benzene rings is 2. The molecule has 1 atom stereocenters. The fourth-order valence-corrected chi connectivity index (χ4v) is 2.83. The third-order valence-corrected chi connectivity index (χ3v) is 4.32. The van der Waals surface area contributed by atoms with E-state index in [9.17, 15) is 9.59 Å². The van der Waals surface area contributed by atoms with Gasteiger partial charge in [0.15, 0.2) is 0 Å². The molecule has 0 saturated carbocycles. The summed E-state index contributed by atoms with van der Waals surface area (Å²) in [6.45, 7) is 5.49. The van der Waals surface area contributed by atoms with Crippen molar-refractivity contribution in [2.75, 3.05) is 7.11 Å². The van der Waals surface area contributed by atoms with Gasteiger partial charge in [-0.05, 0) is 63.3 Å². The number of carbonyl (C=O) groups is 2. The van der Waals surface area contributed by atoms with Crippen LogP contribution in [0.1, 0.15) is 44.7 Å². The van der Waals surface area contributed by atoms with Gasteiger partial charge in [-0.15, -0.1) is 0 Å². The molecule has 0 radical (unpaired) electrons. The molecular formula is C24H31NO5. The molecule has 1 N–H and O–H groups in total. The van der Waals surface area contributed by atoms with Crippen molar-refractivity contribution < 1.29 is 23.8 Å². The zero-order valence-corrected chi connectivity index (χ0v) is 18.1. The van der Waals surface area contributed by atoms with E-state index < -0.39 is 23.7 Å². The maximum Gasteiger partial charge on any atom is 0.408 e. The zero-order chi connectivity index (χ0) is 22.0. The first-order valence-corrected chi connectivity index (χ1v) is 10.1. The number of nitrogens with one attached hydrogen (secondary N) is 1. The van der Waals surface area contributed by atoms with E-state index in [1.54, 1.807) is 27.9 Å². The van der Waals surface area contributed by atoms with Gasteiger partial charge in [-0.3, -0.25) is 0 Å². The summed E-state index contributed by atoms with van der Waals surface area (Å²) in [5.41, 5.74) is 1.37. The summed E-state index contributed by atoms with van der Waals surface area (Å²) in [5.74, 6) is 0.326. The first kappa shape index (κ1) is 23.3. The molecule has 2 rings (SSSR count). The predicted octanol–water partition coefficient (Wildman–Crippen LogP) is 4.65. The molecule has 1 amide bonds. The van der Waals surface area contributed by atoms with Crippen molar-refractivity contribution in [1.82, 2.24) is 5.32 Å². The smallest absolute Gasteiger partial charge is 0.408 e. The highest BCUT2D eigenvalue weighted by molar-refractivity contribution is 5.81. The van der Waals surface area contributed by atoms with Crippen LogP contribution in [0.15, 0.2) is 54.6 Å². The highest BCUT2D eigenvalue weighted by Crippen LogP contribution is 2.15. The van der Waals surface area contributed by atoms with E-state index in [0.29, 0.717) is 12.8 Å². The minimum Gasteiger partial charge on any atom is -0.497 e. The van der Waals surface area contributed by atoms with Gasteiger partial charge >= 0.3 is 12.1 Å². The number of hydrogen-bond acceptors (Lipinski definition) is 5. The third kappa shape index (κ3) is 8.55. The van der Waals surface area contributed by atoms with Crippen LogP contribution < -0.4 is 10.1 Å². The topological polar surface area (TPSA) is 73.9 Å². The van der Waals surface area contributed by atoms with Crippen molar-refractivity contribution in [2.45, 2.75) is 58.3 Å². The van der Waals surface area contributed by atoms with Crippen LogP contribution >= 0.6 is 0 Å². The lowest BCUT2D eigenvalue weighted by atomic mass is 10.0. The molecule has 0 bridgehead atoms. The van der Waals surface area contributed by atoms with E-state index in [0.717, 1.165) is 23.3 Å². The number of amides is 1. The lowest BCUT2D eigenvalue weighted by molar-refractivity contribution is -0.147. The predicted molar refractivity (Wildman–Crippen MR) is 115 cm³/mol. The largest absolute Gasteiger partial charge is 0.497 e. The Hall–Kier alpha value is -3.02. The van der Waals surface area contributed by atoms with Gasteiger partial charge in [0.2, 0.25) is 0 Å². The zero-order valence-electron chi connectivity index (χ0n) is 18.1. The second-order valence-corrected chi connectivity index (χ2v) is 8.03. The number of rotatable bonds is 9. The molecule has 0 aliphatic heterocycles. The molecule has 6 heteroatoms. The van der Waals surface area contributed by atoms with Crippen LogP contribution in [0.3, 0.4) is 0 Å². The van der Waals surface area contributed by atoms with Gasteiger partial charge in [0.1, 0.15) is 24.0 Å². The SMILES string of the molecule is COc1ccc(CCCC(NC(=O)OC(C)(C)C)C(=O)OCc2ccccc2)cc1. The van der Waals surface area contributed by atoms with Crippen LogP contribution in [0.25, 0.3) is 0 Å². The molecule has 0 spiro atoms. The normalized spacial score (nSPS) is 12.0. The molecule has 162 valence electrons. The standard InChI is InChI=1S/C24H31NO5/c1-24(2,3)30-23(27)25-21(22(26)29-17-19-9-6-5-7-10-19)12-8-11-18-13-15-20(28-4)16-14-18/h5-7,9-10,13-16,21H,8,11-12,17H2,1-4H3,(H,25,27). The van der Waals surface area contributed by atoms with E-state index in [2.05, 4.69) is 5.32 Å². The Kier molecular flexibility index (Phi) is 8.71. The van der Waals surface area contributed by atoms with E-state index in [4.69, 9.17) is 14.2 Å². The highest BCUT2D eigenvalue weighted by atomic mass is 16.6. The molecule has 6 nitrogen and oxygen atoms in total. The van der Waals surface area contributed by atoms with Crippen LogP contribution in [-0.2, 0) is 27.3 Å². The summed E-state index contributed by atoms with van der Waals surface area (Å²) < 4.78 is 15.9. The van der Waals surface area contributed by atoms with Gasteiger partial charge in [-0.25, -0.2) is 9.59 Å². The van der Waals surface area contributed by atoms with E-state index in [-0.39, 0.29) is 6.61 Å². The van der Waals surface area contributed by atoms with Crippen LogP contribution in [0, 0.1) is 0 Å². The second-order valence-electron chi connectivity index (χ2n) is 8.03. The average molecular weight is 414 g/mol. The highest BCUT2D eigenvalue weighted by Gasteiger charge is 2.25. The van der Waals surface area contributed by atoms with Crippen LogP contribution in [-0.4, -0.2) is 30.8 Å². The molecule has 0 heterocycles. The summed E-state index contributed by atoms with van der Waals surface area (Å²) in [4.78, 5) is 24.8. The number of carbonyl (C=O) groups excluding carboxylic acids is 2. The Bertz CT molecular complexity index is 797. The fourth-order valence-electron chi connectivity index (χ4n) is 2.83. The van der Waals surface area contributed by atoms with E-state index in [1.807, 2.05) is 54.6 Å². The van der Waals surface area contributed by atoms with Crippen LogP contribution in [0.2, 0.25) is 0 Å². The van der Waals surface area contributed by atoms with Gasteiger partial charge in [0.25, 0.3) is 0 Å². The average Bonchev–Trinajstić information content (AvgIpc) is 2.71. The molecule has 2 aromatic carbocycles. The minimum absolute atomic E-state index is 0.157. The van der Waals surface area contributed by atoms with Crippen molar-refractivity contribution in [1.29, 1.82) is 0 Å². The summed E-state index contributed by atoms with van der Waals surface area (Å²) in [5, 5.41) is 2.66. The Balaban J connectivity index is 1.94. The van der Waals surface area contributed by atoms with Gasteiger partial charge in [-0.1, -0.05) is 42.5 Å². The molecule has 2 aromatic rings. The molecule has 0 fully saturated rings. The Morgan fingerprint density at radius 2 is 1.63 bits per heavy atom. The maximum atomic E-state index is 12.6. The van der Waals surface area contributed by atoms with Crippen molar-refractivity contribution in [3.05, 3.63) is 65.7 Å². The Morgan fingerprint density at radius 1 is 0.967 bits per heavy atom. The molecular weight excluding hydrogens is 382 g/mol. The minimum atomic E-state index is -0.776. The van der Waals surface area contributed by atoms with E-state index in [1.165, 1.54) is 0 Å². The number of aryl methyl sites for hydroxylation is 1. The first-order valence-electron chi connectivity index (χ1n) is 10.1. The monoisotopic (exact) mass is 413 g/mol. The molecule has 0 saturated heterocycles. The third-order valence-electron chi connectivity index (χ3n) is 4.32. The number of methoxy groups -OCH3 is 1.